The summed E-state index contributed by atoms with van der Waals surface area (Å²) in [6, 6.07) is 3.56. The van der Waals surface area contributed by atoms with Crippen LogP contribution in [0.1, 0.15) is 6.92 Å². The van der Waals surface area contributed by atoms with Crippen LogP contribution < -0.4 is 5.32 Å². The molecule has 72 valence electrons. The van der Waals surface area contributed by atoms with Crippen LogP contribution in [0.25, 0.3) is 10.8 Å². The fraction of sp³-hybridized carbons (Fsp3) is 0.125. The molecule has 0 atom stereocenters. The van der Waals surface area contributed by atoms with Crippen molar-refractivity contribution in [3.8, 4) is 10.8 Å². The molecule has 2 rings (SSSR count). The van der Waals surface area contributed by atoms with E-state index in [9.17, 15) is 4.79 Å². The number of aromatic nitrogens is 2. The van der Waals surface area contributed by atoms with Crippen LogP contribution in [0.2, 0.25) is 0 Å². The fourth-order valence-electron chi connectivity index (χ4n) is 0.924. The van der Waals surface area contributed by atoms with Crippen LogP contribution in [-0.4, -0.2) is 16.1 Å². The molecule has 14 heavy (non-hydrogen) atoms. The maximum absolute atomic E-state index is 10.7. The standard InChI is InChI=1S/C8H7N3O2S/c1-5(12)9-8-11-10-7(14-8)6-3-2-4-13-6/h2-4H,1H3,(H,9,11,12). The number of rotatable bonds is 2. The Balaban J connectivity index is 2.22. The van der Waals surface area contributed by atoms with E-state index in [1.807, 2.05) is 0 Å². The molecule has 0 aliphatic heterocycles. The summed E-state index contributed by atoms with van der Waals surface area (Å²) in [5.41, 5.74) is 0. The van der Waals surface area contributed by atoms with Crippen molar-refractivity contribution >= 4 is 22.4 Å². The summed E-state index contributed by atoms with van der Waals surface area (Å²) in [4.78, 5) is 10.7. The van der Waals surface area contributed by atoms with Gasteiger partial charge in [0.25, 0.3) is 0 Å². The first kappa shape index (κ1) is 8.89. The van der Waals surface area contributed by atoms with Crippen LogP contribution in [0.15, 0.2) is 22.8 Å². The lowest BCUT2D eigenvalue weighted by Crippen LogP contribution is -2.04. The second-order valence-corrected chi connectivity index (χ2v) is 3.55. The molecule has 5 nitrogen and oxygen atoms in total. The van der Waals surface area contributed by atoms with Crippen molar-refractivity contribution in [2.75, 3.05) is 5.32 Å². The molecule has 0 saturated heterocycles. The van der Waals surface area contributed by atoms with E-state index in [2.05, 4.69) is 15.5 Å². The van der Waals surface area contributed by atoms with E-state index in [1.165, 1.54) is 18.3 Å². The van der Waals surface area contributed by atoms with Gasteiger partial charge < -0.3 is 9.73 Å². The van der Waals surface area contributed by atoms with E-state index in [0.717, 1.165) is 0 Å². The summed E-state index contributed by atoms with van der Waals surface area (Å²) >= 11 is 1.27. The molecule has 0 spiro atoms. The maximum Gasteiger partial charge on any atom is 0.223 e. The summed E-state index contributed by atoms with van der Waals surface area (Å²) in [5.74, 6) is 0.492. The van der Waals surface area contributed by atoms with Crippen molar-refractivity contribution in [3.05, 3.63) is 18.4 Å². The molecule has 0 saturated carbocycles. The Hall–Kier alpha value is -1.69. The molecule has 6 heteroatoms. The topological polar surface area (TPSA) is 68.0 Å². The van der Waals surface area contributed by atoms with Gasteiger partial charge in [-0.15, -0.1) is 10.2 Å². The highest BCUT2D eigenvalue weighted by atomic mass is 32.1. The molecule has 0 radical (unpaired) electrons. The SMILES string of the molecule is CC(=O)Nc1nnc(-c2ccco2)s1. The zero-order chi connectivity index (χ0) is 9.97. The third-order valence-electron chi connectivity index (χ3n) is 1.44. The normalized spacial score (nSPS) is 10.1. The average Bonchev–Trinajstić information content (AvgIpc) is 2.69. The maximum atomic E-state index is 10.7. The molecule has 0 aliphatic carbocycles. The minimum Gasteiger partial charge on any atom is -0.462 e. The Labute approximate surface area is 83.8 Å². The van der Waals surface area contributed by atoms with Crippen LogP contribution >= 0.6 is 11.3 Å². The number of nitrogens with zero attached hydrogens (tertiary/aromatic N) is 2. The molecule has 0 unspecified atom stereocenters. The van der Waals surface area contributed by atoms with Crippen molar-refractivity contribution in [1.29, 1.82) is 0 Å². The highest BCUT2D eigenvalue weighted by Gasteiger charge is 2.08. The Morgan fingerprint density at radius 2 is 2.43 bits per heavy atom. The van der Waals surface area contributed by atoms with Gasteiger partial charge >= 0.3 is 0 Å². The summed E-state index contributed by atoms with van der Waals surface area (Å²) in [5, 5.41) is 11.3. The van der Waals surface area contributed by atoms with Gasteiger partial charge in [-0.3, -0.25) is 4.79 Å². The molecule has 0 aromatic carbocycles. The van der Waals surface area contributed by atoms with Gasteiger partial charge in [-0.05, 0) is 12.1 Å². The van der Waals surface area contributed by atoms with Gasteiger partial charge in [0.1, 0.15) is 0 Å². The molecule has 0 fully saturated rings. The Morgan fingerprint density at radius 3 is 3.07 bits per heavy atom. The van der Waals surface area contributed by atoms with Crippen LogP contribution in [0.4, 0.5) is 5.13 Å². The third-order valence-corrected chi connectivity index (χ3v) is 2.29. The lowest BCUT2D eigenvalue weighted by Gasteiger charge is -1.90. The first-order valence-corrected chi connectivity index (χ1v) is 4.72. The van der Waals surface area contributed by atoms with Crippen LogP contribution in [-0.2, 0) is 4.79 Å². The number of carbonyl (C=O) groups excluding carboxylic acids is 1. The zero-order valence-electron chi connectivity index (χ0n) is 7.35. The van der Waals surface area contributed by atoms with Crippen LogP contribution in [0, 0.1) is 0 Å². The van der Waals surface area contributed by atoms with Gasteiger partial charge in [0, 0.05) is 6.92 Å². The summed E-state index contributed by atoms with van der Waals surface area (Å²) < 4.78 is 5.13. The van der Waals surface area contributed by atoms with E-state index < -0.39 is 0 Å². The second kappa shape index (κ2) is 3.59. The first-order valence-electron chi connectivity index (χ1n) is 3.90. The second-order valence-electron chi connectivity index (χ2n) is 2.57. The van der Waals surface area contributed by atoms with Crippen molar-refractivity contribution in [3.63, 3.8) is 0 Å². The molecule has 2 heterocycles. The molecular weight excluding hydrogens is 202 g/mol. The smallest absolute Gasteiger partial charge is 0.223 e. The van der Waals surface area contributed by atoms with E-state index >= 15 is 0 Å². The number of hydrogen-bond acceptors (Lipinski definition) is 5. The molecule has 1 amide bonds. The molecule has 0 aliphatic rings. The number of hydrogen-bond donors (Lipinski definition) is 1. The van der Waals surface area contributed by atoms with Crippen LogP contribution in [0.5, 0.6) is 0 Å². The van der Waals surface area contributed by atoms with Crippen molar-refractivity contribution in [2.24, 2.45) is 0 Å². The average molecular weight is 209 g/mol. The van der Waals surface area contributed by atoms with Gasteiger partial charge in [0.15, 0.2) is 10.8 Å². The lowest BCUT2D eigenvalue weighted by molar-refractivity contribution is -0.114. The van der Waals surface area contributed by atoms with Gasteiger partial charge in [0.2, 0.25) is 11.0 Å². The third kappa shape index (κ3) is 1.80. The van der Waals surface area contributed by atoms with Gasteiger partial charge in [-0.25, -0.2) is 0 Å². The first-order chi connectivity index (χ1) is 6.75. The molecule has 0 bridgehead atoms. The predicted molar refractivity (Wildman–Crippen MR) is 51.9 cm³/mol. The zero-order valence-corrected chi connectivity index (χ0v) is 8.17. The number of amides is 1. The minimum absolute atomic E-state index is 0.160. The van der Waals surface area contributed by atoms with E-state index in [4.69, 9.17) is 4.42 Å². The summed E-state index contributed by atoms with van der Waals surface area (Å²) in [6.07, 6.45) is 1.56. The van der Waals surface area contributed by atoms with Gasteiger partial charge in [0.05, 0.1) is 6.26 Å². The quantitative estimate of drug-likeness (QED) is 0.818. The Bertz CT molecular complexity index is 435. The predicted octanol–water partition coefficient (Wildman–Crippen LogP) is 1.76. The van der Waals surface area contributed by atoms with E-state index in [1.54, 1.807) is 18.4 Å². The summed E-state index contributed by atoms with van der Waals surface area (Å²) in [7, 11) is 0. The van der Waals surface area contributed by atoms with Gasteiger partial charge in [-0.1, -0.05) is 11.3 Å². The number of anilines is 1. The van der Waals surface area contributed by atoms with Gasteiger partial charge in [-0.2, -0.15) is 0 Å². The summed E-state index contributed by atoms with van der Waals surface area (Å²) in [6.45, 7) is 1.42. The van der Waals surface area contributed by atoms with E-state index in [-0.39, 0.29) is 5.91 Å². The Kier molecular flexibility index (Phi) is 2.28. The van der Waals surface area contributed by atoms with Crippen molar-refractivity contribution < 1.29 is 9.21 Å². The lowest BCUT2D eigenvalue weighted by atomic mass is 10.5. The highest BCUT2D eigenvalue weighted by Crippen LogP contribution is 2.26. The van der Waals surface area contributed by atoms with Crippen LogP contribution in [0.3, 0.4) is 0 Å². The largest absolute Gasteiger partial charge is 0.462 e. The number of nitrogens with one attached hydrogen (secondary N) is 1. The molecule has 2 aromatic rings. The molecule has 1 N–H and O–H groups in total. The minimum atomic E-state index is -0.160. The fourth-order valence-corrected chi connectivity index (χ4v) is 1.68. The molecular formula is C8H7N3O2S. The monoisotopic (exact) mass is 209 g/mol. The van der Waals surface area contributed by atoms with Crippen molar-refractivity contribution in [2.45, 2.75) is 6.92 Å². The van der Waals surface area contributed by atoms with E-state index in [0.29, 0.717) is 15.9 Å². The molecule has 2 aromatic heterocycles. The number of furan rings is 1. The Morgan fingerprint density at radius 1 is 1.57 bits per heavy atom. The highest BCUT2D eigenvalue weighted by molar-refractivity contribution is 7.18. The number of carbonyl (C=O) groups is 1. The van der Waals surface area contributed by atoms with Crippen molar-refractivity contribution in [1.82, 2.24) is 10.2 Å².